The molecule has 0 N–H and O–H groups in total. The van der Waals surface area contributed by atoms with E-state index in [4.69, 9.17) is 0 Å². The maximum absolute atomic E-state index is 12.1. The molecule has 33 heavy (non-hydrogen) atoms. The quantitative estimate of drug-likeness (QED) is 0.0370. The molecule has 0 spiro atoms. The van der Waals surface area contributed by atoms with Crippen molar-refractivity contribution in [3.8, 4) is 0 Å². The lowest BCUT2D eigenvalue weighted by molar-refractivity contribution is -0.923. The van der Waals surface area contributed by atoms with Gasteiger partial charge in [0.25, 0.3) is 0 Å². The second-order valence-corrected chi connectivity index (χ2v) is 10.2. The Hall–Kier alpha value is 0.160. The number of nitrogens with zero attached hydrogens (tertiary/aromatic N) is 2. The minimum atomic E-state index is 0. The molecule has 200 valence electrons. The van der Waals surface area contributed by atoms with Crippen LogP contribution in [-0.4, -0.2) is 42.6 Å². The Bertz CT molecular complexity index is 416. The number of rotatable bonds is 24. The molecule has 0 aromatic rings. The highest BCUT2D eigenvalue weighted by atomic mass is 127. The van der Waals surface area contributed by atoms with Crippen LogP contribution in [-0.2, 0) is 0 Å². The topological polar surface area (TPSA) is 35.4 Å². The average Bonchev–Trinajstić information content (AvgIpc) is 2.79. The van der Waals surface area contributed by atoms with Crippen molar-refractivity contribution in [3.05, 3.63) is 0 Å². The fraction of sp³-hybridized carbons (Fsp3) is 0.966. The van der Waals surface area contributed by atoms with Crippen molar-refractivity contribution in [2.45, 2.75) is 156 Å². The molecule has 3 nitrogen and oxygen atoms in total. The highest BCUT2D eigenvalue weighted by Gasteiger charge is 2.20. The van der Waals surface area contributed by atoms with Crippen molar-refractivity contribution in [3.63, 3.8) is 0 Å². The SMILES string of the molecule is CCCCCCCCCCCCCCCCCC([O-])=NC(C)CCC[N+](CC)(CC)CC.I. The Kier molecular flexibility index (Phi) is 27.0. The molecule has 1 unspecified atom stereocenters. The van der Waals surface area contributed by atoms with Gasteiger partial charge < -0.3 is 14.6 Å². The zero-order valence-corrected chi connectivity index (χ0v) is 25.7. The summed E-state index contributed by atoms with van der Waals surface area (Å²) in [6.45, 7) is 16.1. The van der Waals surface area contributed by atoms with Gasteiger partial charge in [-0.1, -0.05) is 96.8 Å². The second-order valence-electron chi connectivity index (χ2n) is 10.2. The first-order valence-corrected chi connectivity index (χ1v) is 14.6. The van der Waals surface area contributed by atoms with Crippen LogP contribution in [0.15, 0.2) is 4.99 Å². The molecule has 0 aliphatic rings. The van der Waals surface area contributed by atoms with Crippen LogP contribution in [0.3, 0.4) is 0 Å². The van der Waals surface area contributed by atoms with E-state index >= 15 is 0 Å². The number of unbranched alkanes of at least 4 members (excludes halogenated alkanes) is 14. The molecule has 0 heterocycles. The van der Waals surface area contributed by atoms with Gasteiger partial charge in [-0.3, -0.25) is 0 Å². The van der Waals surface area contributed by atoms with Crippen LogP contribution in [0.5, 0.6) is 0 Å². The van der Waals surface area contributed by atoms with E-state index in [1.165, 1.54) is 127 Å². The van der Waals surface area contributed by atoms with Crippen LogP contribution in [0.4, 0.5) is 0 Å². The van der Waals surface area contributed by atoms with Crippen molar-refractivity contribution < 1.29 is 9.59 Å². The molecule has 0 rings (SSSR count). The molecule has 0 radical (unpaired) electrons. The fourth-order valence-corrected chi connectivity index (χ4v) is 4.89. The smallest absolute Gasteiger partial charge is 0.0787 e. The fourth-order valence-electron chi connectivity index (χ4n) is 4.89. The number of quaternary nitrogens is 1. The first kappa shape index (κ1) is 35.3. The normalized spacial score (nSPS) is 13.2. The van der Waals surface area contributed by atoms with Crippen molar-refractivity contribution >= 4 is 29.9 Å². The van der Waals surface area contributed by atoms with Gasteiger partial charge in [-0.25, -0.2) is 0 Å². The van der Waals surface area contributed by atoms with Gasteiger partial charge in [0.1, 0.15) is 0 Å². The maximum atomic E-state index is 12.1. The molecule has 0 saturated heterocycles. The maximum Gasteiger partial charge on any atom is 0.0787 e. The summed E-state index contributed by atoms with van der Waals surface area (Å²) in [5, 5.41) is 12.1. The van der Waals surface area contributed by atoms with E-state index in [0.29, 0.717) is 6.42 Å². The average molecular weight is 581 g/mol. The van der Waals surface area contributed by atoms with Gasteiger partial charge in [0.05, 0.1) is 26.2 Å². The zero-order chi connectivity index (χ0) is 23.9. The lowest BCUT2D eigenvalue weighted by atomic mass is 10.0. The third-order valence-corrected chi connectivity index (χ3v) is 7.63. The van der Waals surface area contributed by atoms with E-state index in [-0.39, 0.29) is 35.9 Å². The molecule has 0 fully saturated rings. The minimum Gasteiger partial charge on any atom is -0.862 e. The molecule has 0 aromatic carbocycles. The van der Waals surface area contributed by atoms with Gasteiger partial charge in [-0.2, -0.15) is 0 Å². The molecule has 0 amide bonds. The Balaban J connectivity index is 0. The van der Waals surface area contributed by atoms with Crippen molar-refractivity contribution in [1.82, 2.24) is 0 Å². The van der Waals surface area contributed by atoms with E-state index in [0.717, 1.165) is 12.8 Å². The van der Waals surface area contributed by atoms with Gasteiger partial charge in [0.15, 0.2) is 0 Å². The summed E-state index contributed by atoms with van der Waals surface area (Å²) in [5.74, 6) is 0.134. The van der Waals surface area contributed by atoms with Crippen LogP contribution in [0.1, 0.15) is 150 Å². The van der Waals surface area contributed by atoms with Gasteiger partial charge >= 0.3 is 0 Å². The number of halogens is 1. The van der Waals surface area contributed by atoms with Gasteiger partial charge in [0.2, 0.25) is 0 Å². The van der Waals surface area contributed by atoms with Crippen molar-refractivity contribution in [2.75, 3.05) is 26.2 Å². The Morgan fingerprint density at radius 1 is 0.636 bits per heavy atom. The first-order chi connectivity index (χ1) is 15.5. The van der Waals surface area contributed by atoms with E-state index in [1.54, 1.807) is 0 Å². The first-order valence-electron chi connectivity index (χ1n) is 14.6. The van der Waals surface area contributed by atoms with Crippen LogP contribution >= 0.6 is 24.0 Å². The monoisotopic (exact) mass is 580 g/mol. The summed E-state index contributed by atoms with van der Waals surface area (Å²) >= 11 is 0. The van der Waals surface area contributed by atoms with Crippen molar-refractivity contribution in [1.29, 1.82) is 0 Å². The van der Waals surface area contributed by atoms with E-state index in [2.05, 4.69) is 39.6 Å². The summed E-state index contributed by atoms with van der Waals surface area (Å²) in [7, 11) is 0. The van der Waals surface area contributed by atoms with Crippen LogP contribution in [0.25, 0.3) is 0 Å². The molecule has 0 aliphatic heterocycles. The molecule has 0 bridgehead atoms. The molecule has 0 saturated carbocycles. The van der Waals surface area contributed by atoms with Gasteiger partial charge in [0, 0.05) is 6.04 Å². The van der Waals surface area contributed by atoms with E-state index in [9.17, 15) is 5.11 Å². The summed E-state index contributed by atoms with van der Waals surface area (Å²) in [6.07, 6.45) is 23.3. The van der Waals surface area contributed by atoms with Gasteiger partial charge in [-0.05, 0) is 59.3 Å². The van der Waals surface area contributed by atoms with Crippen LogP contribution < -0.4 is 5.11 Å². The predicted molar refractivity (Wildman–Crippen MR) is 158 cm³/mol. The lowest BCUT2D eigenvalue weighted by Crippen LogP contribution is -2.48. The molecule has 1 atom stereocenters. The third kappa shape index (κ3) is 21.2. The number of aliphatic imine (C=N–C) groups is 1. The number of hydrogen-bond donors (Lipinski definition) is 0. The summed E-state index contributed by atoms with van der Waals surface area (Å²) in [4.78, 5) is 4.43. The predicted octanol–water partition coefficient (Wildman–Crippen LogP) is 8.67. The van der Waals surface area contributed by atoms with Crippen LogP contribution in [0.2, 0.25) is 0 Å². The van der Waals surface area contributed by atoms with Crippen molar-refractivity contribution in [2.24, 2.45) is 4.99 Å². The van der Waals surface area contributed by atoms with Crippen LogP contribution in [0, 0.1) is 0 Å². The minimum absolute atomic E-state index is 0. The Labute approximate surface area is 226 Å². The van der Waals surface area contributed by atoms with E-state index in [1.807, 2.05) is 0 Å². The number of hydrogen-bond acceptors (Lipinski definition) is 2. The third-order valence-electron chi connectivity index (χ3n) is 7.63. The highest BCUT2D eigenvalue weighted by Crippen LogP contribution is 2.14. The molecule has 0 aliphatic carbocycles. The summed E-state index contributed by atoms with van der Waals surface area (Å²) in [5.41, 5.74) is 0. The summed E-state index contributed by atoms with van der Waals surface area (Å²) in [6, 6.07) is 0.186. The molecule has 0 aromatic heterocycles. The zero-order valence-electron chi connectivity index (χ0n) is 23.3. The highest BCUT2D eigenvalue weighted by molar-refractivity contribution is 14.0. The standard InChI is InChI=1S/C29H60N2O.HI/c1-6-10-11-12-13-14-15-16-17-18-19-20-21-22-23-26-29(32)30-28(5)25-24-27-31(7-2,8-3)9-4;/h28H,6-27H2,1-5H3;1H. The lowest BCUT2D eigenvalue weighted by Gasteiger charge is -2.36. The Morgan fingerprint density at radius 3 is 1.42 bits per heavy atom. The Morgan fingerprint density at radius 2 is 1.03 bits per heavy atom. The summed E-state index contributed by atoms with van der Waals surface area (Å²) < 4.78 is 1.19. The van der Waals surface area contributed by atoms with E-state index < -0.39 is 0 Å². The van der Waals surface area contributed by atoms with Gasteiger partial charge in [-0.15, -0.1) is 24.0 Å². The molecular formula is C29H61IN2O. The molecular weight excluding hydrogens is 519 g/mol. The second kappa shape index (κ2) is 25.3. The molecule has 4 heteroatoms. The largest absolute Gasteiger partial charge is 0.862 e.